The molecule has 0 spiro atoms. The van der Waals surface area contributed by atoms with Crippen LogP contribution in [0.15, 0.2) is 29.8 Å². The normalized spacial score (nSPS) is 16.2. The monoisotopic (exact) mass is 420 g/mol. The van der Waals surface area contributed by atoms with Gasteiger partial charge >= 0.3 is 0 Å². The minimum atomic E-state index is -0.833. The molecular weight excluding hydrogens is 395 g/mol. The van der Waals surface area contributed by atoms with E-state index in [-0.39, 0.29) is 5.82 Å². The van der Waals surface area contributed by atoms with Gasteiger partial charge in [0.25, 0.3) is 0 Å². The van der Waals surface area contributed by atoms with E-state index < -0.39 is 12.2 Å². The Kier molecular flexibility index (Phi) is 8.99. The number of carbonyl (C=O) groups is 1. The number of piperidine rings is 1. The fourth-order valence-corrected chi connectivity index (χ4v) is 3.77. The van der Waals surface area contributed by atoms with E-state index in [1.165, 1.54) is 30.4 Å². The minimum absolute atomic E-state index is 0.379. The van der Waals surface area contributed by atoms with E-state index in [2.05, 4.69) is 15.2 Å². The van der Waals surface area contributed by atoms with E-state index in [1.807, 2.05) is 6.07 Å². The van der Waals surface area contributed by atoms with Crippen molar-refractivity contribution in [2.24, 2.45) is 5.92 Å². The fraction of sp³-hybridized carbons (Fsp3) is 0.450. The lowest BCUT2D eigenvalue weighted by Gasteiger charge is -2.34. The SMILES string of the molecule is C[C@H](O)[C@@H](O)c1nccs1.N#Cc1cc(F)ccc1N1CCC(CNC=O)CC1. The third kappa shape index (κ3) is 6.78. The number of carbonyl (C=O) groups excluding carboxylic acids is 1. The van der Waals surface area contributed by atoms with Crippen molar-refractivity contribution in [3.8, 4) is 6.07 Å². The van der Waals surface area contributed by atoms with Gasteiger partial charge in [-0.1, -0.05) is 0 Å². The number of anilines is 1. The van der Waals surface area contributed by atoms with E-state index in [9.17, 15) is 14.3 Å². The van der Waals surface area contributed by atoms with Crippen LogP contribution in [0.25, 0.3) is 0 Å². The van der Waals surface area contributed by atoms with Crippen molar-refractivity contribution in [1.82, 2.24) is 10.3 Å². The fourth-order valence-electron chi connectivity index (χ4n) is 3.05. The first-order valence-corrected chi connectivity index (χ1v) is 10.2. The van der Waals surface area contributed by atoms with E-state index in [0.29, 0.717) is 23.0 Å². The lowest BCUT2D eigenvalue weighted by Crippen LogP contribution is -2.37. The van der Waals surface area contributed by atoms with Gasteiger partial charge in [-0.3, -0.25) is 4.79 Å². The first kappa shape index (κ1) is 22.7. The summed E-state index contributed by atoms with van der Waals surface area (Å²) in [5.41, 5.74) is 1.18. The van der Waals surface area contributed by atoms with Crippen LogP contribution in [0, 0.1) is 23.1 Å². The number of halogens is 1. The number of nitrogens with zero attached hydrogens (tertiary/aromatic N) is 3. The number of nitriles is 1. The lowest BCUT2D eigenvalue weighted by molar-refractivity contribution is -0.109. The molecule has 156 valence electrons. The molecule has 7 nitrogen and oxygen atoms in total. The number of hydrogen-bond donors (Lipinski definition) is 3. The number of thiazole rings is 1. The first-order chi connectivity index (χ1) is 14.0. The molecule has 9 heteroatoms. The van der Waals surface area contributed by atoms with Crippen LogP contribution in [0.2, 0.25) is 0 Å². The highest BCUT2D eigenvalue weighted by Crippen LogP contribution is 2.26. The summed E-state index contributed by atoms with van der Waals surface area (Å²) in [7, 11) is 0. The summed E-state index contributed by atoms with van der Waals surface area (Å²) in [6, 6.07) is 6.36. The van der Waals surface area contributed by atoms with Gasteiger partial charge in [-0.05, 0) is 43.9 Å². The van der Waals surface area contributed by atoms with E-state index >= 15 is 0 Å². The molecule has 1 aliphatic rings. The van der Waals surface area contributed by atoms with Gasteiger partial charge in [-0.2, -0.15) is 5.26 Å². The van der Waals surface area contributed by atoms with Crippen molar-refractivity contribution in [1.29, 1.82) is 5.26 Å². The molecule has 1 aromatic carbocycles. The molecule has 0 bridgehead atoms. The molecule has 0 aliphatic carbocycles. The average molecular weight is 421 g/mol. The molecule has 1 fully saturated rings. The maximum absolute atomic E-state index is 13.1. The van der Waals surface area contributed by atoms with Crippen molar-refractivity contribution >= 4 is 23.4 Å². The Bertz CT molecular complexity index is 803. The number of aromatic nitrogens is 1. The standard InChI is InChI=1S/C14H16FN3O.C6H9NO2S/c15-13-1-2-14(12(7-13)8-16)18-5-3-11(4-6-18)9-17-10-19;1-4(8)5(9)6-7-2-3-10-6/h1-2,7,10-11H,3-6,9H2,(H,17,19);2-5,8-9H,1H3/t;4-,5+/m.0/s1. The number of aliphatic hydroxyl groups is 2. The third-order valence-electron chi connectivity index (χ3n) is 4.69. The molecule has 0 radical (unpaired) electrons. The maximum atomic E-state index is 13.1. The molecule has 1 aromatic heterocycles. The highest BCUT2D eigenvalue weighted by atomic mass is 32.1. The van der Waals surface area contributed by atoms with Crippen LogP contribution in [0.3, 0.4) is 0 Å². The Morgan fingerprint density at radius 3 is 2.72 bits per heavy atom. The molecule has 1 amide bonds. The Hall–Kier alpha value is -2.54. The van der Waals surface area contributed by atoms with Gasteiger partial charge in [-0.25, -0.2) is 9.37 Å². The molecule has 3 N–H and O–H groups in total. The lowest BCUT2D eigenvalue weighted by atomic mass is 9.96. The zero-order valence-electron chi connectivity index (χ0n) is 16.2. The first-order valence-electron chi connectivity index (χ1n) is 9.33. The number of amides is 1. The number of rotatable bonds is 6. The average Bonchev–Trinajstić information content (AvgIpc) is 3.27. The number of nitrogens with one attached hydrogen (secondary N) is 1. The molecule has 3 rings (SSSR count). The Labute approximate surface area is 173 Å². The van der Waals surface area contributed by atoms with Gasteiger partial charge in [0.1, 0.15) is 23.0 Å². The summed E-state index contributed by atoms with van der Waals surface area (Å²) in [6.07, 6.45) is 2.67. The predicted molar refractivity (Wildman–Crippen MR) is 109 cm³/mol. The summed E-state index contributed by atoms with van der Waals surface area (Å²) in [4.78, 5) is 16.2. The molecular formula is C20H25FN4O3S. The third-order valence-corrected chi connectivity index (χ3v) is 5.53. The molecule has 1 aliphatic heterocycles. The molecule has 0 unspecified atom stereocenters. The highest BCUT2D eigenvalue weighted by Gasteiger charge is 2.21. The van der Waals surface area contributed by atoms with Crippen LogP contribution >= 0.6 is 11.3 Å². The zero-order valence-corrected chi connectivity index (χ0v) is 17.0. The smallest absolute Gasteiger partial charge is 0.207 e. The second-order valence-electron chi connectivity index (χ2n) is 6.79. The predicted octanol–water partition coefficient (Wildman–Crippen LogP) is 2.22. The van der Waals surface area contributed by atoms with Gasteiger partial charge in [-0.15, -0.1) is 11.3 Å². The van der Waals surface area contributed by atoms with Crippen molar-refractivity contribution < 1.29 is 19.4 Å². The van der Waals surface area contributed by atoms with Crippen LogP contribution in [0.5, 0.6) is 0 Å². The van der Waals surface area contributed by atoms with Gasteiger partial charge in [0.05, 0.1) is 17.4 Å². The largest absolute Gasteiger partial charge is 0.390 e. The summed E-state index contributed by atoms with van der Waals surface area (Å²) >= 11 is 1.34. The van der Waals surface area contributed by atoms with E-state index in [0.717, 1.165) is 38.0 Å². The van der Waals surface area contributed by atoms with Crippen LogP contribution in [0.4, 0.5) is 10.1 Å². The second kappa shape index (κ2) is 11.5. The van der Waals surface area contributed by atoms with Crippen molar-refractivity contribution in [2.75, 3.05) is 24.5 Å². The molecule has 0 saturated carbocycles. The summed E-state index contributed by atoms with van der Waals surface area (Å²) < 4.78 is 13.1. The topological polar surface area (TPSA) is 109 Å². The molecule has 2 aromatic rings. The molecule has 2 atom stereocenters. The number of benzene rings is 1. The van der Waals surface area contributed by atoms with Crippen molar-refractivity contribution in [3.63, 3.8) is 0 Å². The van der Waals surface area contributed by atoms with Crippen LogP contribution < -0.4 is 10.2 Å². The van der Waals surface area contributed by atoms with E-state index in [1.54, 1.807) is 17.6 Å². The molecule has 1 saturated heterocycles. The summed E-state index contributed by atoms with van der Waals surface area (Å²) in [6.45, 7) is 3.88. The van der Waals surface area contributed by atoms with Crippen LogP contribution in [-0.2, 0) is 4.79 Å². The zero-order chi connectivity index (χ0) is 21.2. The highest BCUT2D eigenvalue weighted by molar-refractivity contribution is 7.09. The van der Waals surface area contributed by atoms with Crippen LogP contribution in [-0.4, -0.2) is 47.3 Å². The summed E-state index contributed by atoms with van der Waals surface area (Å²) in [5, 5.41) is 32.2. The van der Waals surface area contributed by atoms with Gasteiger partial charge < -0.3 is 20.4 Å². The second-order valence-corrected chi connectivity index (χ2v) is 7.71. The Balaban J connectivity index is 0.000000253. The van der Waals surface area contributed by atoms with Gasteiger partial charge in [0, 0.05) is 31.2 Å². The van der Waals surface area contributed by atoms with Crippen LogP contribution in [0.1, 0.15) is 36.4 Å². The minimum Gasteiger partial charge on any atom is -0.390 e. The Morgan fingerprint density at radius 2 is 2.17 bits per heavy atom. The van der Waals surface area contributed by atoms with E-state index in [4.69, 9.17) is 10.4 Å². The van der Waals surface area contributed by atoms with Gasteiger partial charge in [0.2, 0.25) is 6.41 Å². The maximum Gasteiger partial charge on any atom is 0.207 e. The van der Waals surface area contributed by atoms with Gasteiger partial charge in [0.15, 0.2) is 0 Å². The van der Waals surface area contributed by atoms with Crippen molar-refractivity contribution in [3.05, 3.63) is 46.2 Å². The Morgan fingerprint density at radius 1 is 1.45 bits per heavy atom. The summed E-state index contributed by atoms with van der Waals surface area (Å²) in [5.74, 6) is 0.0952. The van der Waals surface area contributed by atoms with Crippen molar-refractivity contribution in [2.45, 2.75) is 32.0 Å². The molecule has 2 heterocycles. The number of aliphatic hydroxyl groups excluding tert-OH is 2. The number of hydrogen-bond acceptors (Lipinski definition) is 7. The quantitative estimate of drug-likeness (QED) is 0.618. The molecule has 29 heavy (non-hydrogen) atoms.